The van der Waals surface area contributed by atoms with Gasteiger partial charge in [-0.1, -0.05) is 110 Å². The van der Waals surface area contributed by atoms with Crippen molar-refractivity contribution in [3.8, 4) is 0 Å². The van der Waals surface area contributed by atoms with Crippen LogP contribution >= 0.6 is 0 Å². The van der Waals surface area contributed by atoms with Crippen molar-refractivity contribution in [3.63, 3.8) is 0 Å². The quantitative estimate of drug-likeness (QED) is 0.144. The van der Waals surface area contributed by atoms with E-state index in [4.69, 9.17) is 0 Å². The fourth-order valence-electron chi connectivity index (χ4n) is 3.76. The monoisotopic (exact) mass is 378 g/mol. The van der Waals surface area contributed by atoms with Crippen molar-refractivity contribution < 1.29 is 4.79 Å². The van der Waals surface area contributed by atoms with E-state index < -0.39 is 0 Å². The number of rotatable bonds is 21. The molecule has 27 heavy (non-hydrogen) atoms. The predicted molar refractivity (Wildman–Crippen MR) is 122 cm³/mol. The number of Topliss-reactive ketones (excluding diaryl/α,β-unsaturated/α-hetero) is 1. The number of hydrogen-bond donors (Lipinski definition) is 0. The molecule has 0 heterocycles. The Morgan fingerprint density at radius 3 is 1.74 bits per heavy atom. The van der Waals surface area contributed by atoms with E-state index in [2.05, 4.69) is 32.9 Å². The van der Waals surface area contributed by atoms with Crippen LogP contribution in [0.3, 0.4) is 0 Å². The van der Waals surface area contributed by atoms with Crippen LogP contribution in [-0.4, -0.2) is 5.78 Å². The van der Waals surface area contributed by atoms with Gasteiger partial charge in [0.1, 0.15) is 5.78 Å². The minimum atomic E-state index is 0.510. The summed E-state index contributed by atoms with van der Waals surface area (Å²) in [6.07, 6.45) is 28.5. The molecule has 1 heteroatoms. The molecule has 1 unspecified atom stereocenters. The molecule has 0 saturated carbocycles. The van der Waals surface area contributed by atoms with Gasteiger partial charge in [0, 0.05) is 12.8 Å². The lowest BCUT2D eigenvalue weighted by molar-refractivity contribution is -0.120. The zero-order valence-corrected chi connectivity index (χ0v) is 19.1. The maximum Gasteiger partial charge on any atom is 0.133 e. The SMILES string of the molecule is CCCCCCCC/C=C\CCCCCCCC(=O)CC(CC)CCCC. The third-order valence-electron chi connectivity index (χ3n) is 5.78. The average molecular weight is 379 g/mol. The van der Waals surface area contributed by atoms with Crippen molar-refractivity contribution >= 4 is 5.78 Å². The fourth-order valence-corrected chi connectivity index (χ4v) is 3.76. The zero-order chi connectivity index (χ0) is 20.0. The molecule has 0 aliphatic rings. The lowest BCUT2D eigenvalue weighted by Crippen LogP contribution is -2.07. The van der Waals surface area contributed by atoms with E-state index in [0.717, 1.165) is 25.7 Å². The van der Waals surface area contributed by atoms with Crippen LogP contribution in [0.25, 0.3) is 0 Å². The van der Waals surface area contributed by atoms with E-state index in [1.807, 2.05) is 0 Å². The third kappa shape index (κ3) is 20.0. The van der Waals surface area contributed by atoms with Gasteiger partial charge in [0.25, 0.3) is 0 Å². The lowest BCUT2D eigenvalue weighted by atomic mass is 9.92. The van der Waals surface area contributed by atoms with Gasteiger partial charge in [-0.15, -0.1) is 0 Å². The zero-order valence-electron chi connectivity index (χ0n) is 19.1. The summed E-state index contributed by atoms with van der Waals surface area (Å²) in [5, 5.41) is 0. The molecule has 0 rings (SSSR count). The summed E-state index contributed by atoms with van der Waals surface area (Å²) in [6, 6.07) is 0. The molecule has 0 saturated heterocycles. The van der Waals surface area contributed by atoms with E-state index in [-0.39, 0.29) is 0 Å². The summed E-state index contributed by atoms with van der Waals surface area (Å²) >= 11 is 0. The number of unbranched alkanes of at least 4 members (excludes halogenated alkanes) is 12. The normalized spacial score (nSPS) is 12.7. The Morgan fingerprint density at radius 2 is 1.19 bits per heavy atom. The first kappa shape index (κ1) is 26.4. The van der Waals surface area contributed by atoms with Crippen LogP contribution in [0.15, 0.2) is 12.2 Å². The van der Waals surface area contributed by atoms with Crippen molar-refractivity contribution in [1.29, 1.82) is 0 Å². The Hall–Kier alpha value is -0.590. The van der Waals surface area contributed by atoms with Gasteiger partial charge in [0.15, 0.2) is 0 Å². The van der Waals surface area contributed by atoms with Crippen molar-refractivity contribution in [3.05, 3.63) is 12.2 Å². The fraction of sp³-hybridized carbons (Fsp3) is 0.885. The van der Waals surface area contributed by atoms with Crippen LogP contribution in [0.2, 0.25) is 0 Å². The molecule has 0 fully saturated rings. The molecule has 0 aliphatic heterocycles. The van der Waals surface area contributed by atoms with Gasteiger partial charge in [-0.05, 0) is 38.0 Å². The van der Waals surface area contributed by atoms with E-state index >= 15 is 0 Å². The van der Waals surface area contributed by atoms with Crippen molar-refractivity contribution in [2.24, 2.45) is 5.92 Å². The number of allylic oxidation sites excluding steroid dienone is 2. The summed E-state index contributed by atoms with van der Waals surface area (Å²) in [4.78, 5) is 12.1. The molecule has 0 N–H and O–H groups in total. The maximum absolute atomic E-state index is 12.1. The highest BCUT2D eigenvalue weighted by molar-refractivity contribution is 5.78. The molecule has 0 aromatic carbocycles. The molecule has 160 valence electrons. The van der Waals surface area contributed by atoms with E-state index in [1.165, 1.54) is 96.3 Å². The Morgan fingerprint density at radius 1 is 0.667 bits per heavy atom. The smallest absolute Gasteiger partial charge is 0.133 e. The standard InChI is InChI=1S/C26H50O/c1-4-7-9-10-11-12-13-14-15-16-17-18-19-20-21-23-26(27)24-25(6-3)22-8-5-2/h14-15,25H,4-13,16-24H2,1-3H3/b15-14-. The topological polar surface area (TPSA) is 17.1 Å². The summed E-state index contributed by atoms with van der Waals surface area (Å²) in [6.45, 7) is 6.75. The van der Waals surface area contributed by atoms with Crippen LogP contribution in [0.4, 0.5) is 0 Å². The van der Waals surface area contributed by atoms with E-state index in [0.29, 0.717) is 11.7 Å². The van der Waals surface area contributed by atoms with Crippen molar-refractivity contribution in [1.82, 2.24) is 0 Å². The van der Waals surface area contributed by atoms with Crippen LogP contribution in [0.5, 0.6) is 0 Å². The first-order chi connectivity index (χ1) is 13.2. The summed E-state index contributed by atoms with van der Waals surface area (Å²) in [7, 11) is 0. The van der Waals surface area contributed by atoms with Crippen molar-refractivity contribution in [2.45, 2.75) is 143 Å². The van der Waals surface area contributed by atoms with Crippen LogP contribution in [0, 0.1) is 5.92 Å². The van der Waals surface area contributed by atoms with Gasteiger partial charge in [-0.25, -0.2) is 0 Å². The molecule has 1 atom stereocenters. The van der Waals surface area contributed by atoms with E-state index in [1.54, 1.807) is 0 Å². The molecular formula is C26H50O. The third-order valence-corrected chi connectivity index (χ3v) is 5.78. The Bertz CT molecular complexity index is 331. The molecule has 0 aromatic rings. The molecule has 0 radical (unpaired) electrons. The summed E-state index contributed by atoms with van der Waals surface area (Å²) in [5.41, 5.74) is 0. The Labute approximate surface area is 171 Å². The average Bonchev–Trinajstić information content (AvgIpc) is 2.68. The molecule has 0 aromatic heterocycles. The number of ketones is 1. The second-order valence-corrected chi connectivity index (χ2v) is 8.49. The van der Waals surface area contributed by atoms with Crippen molar-refractivity contribution in [2.75, 3.05) is 0 Å². The van der Waals surface area contributed by atoms with Gasteiger partial charge in [-0.3, -0.25) is 4.79 Å². The van der Waals surface area contributed by atoms with Gasteiger partial charge >= 0.3 is 0 Å². The molecule has 0 bridgehead atoms. The largest absolute Gasteiger partial charge is 0.300 e. The molecule has 0 spiro atoms. The summed E-state index contributed by atoms with van der Waals surface area (Å²) < 4.78 is 0. The van der Waals surface area contributed by atoms with Crippen LogP contribution in [-0.2, 0) is 4.79 Å². The molecule has 0 aliphatic carbocycles. The van der Waals surface area contributed by atoms with Gasteiger partial charge in [0.05, 0.1) is 0 Å². The Kier molecular flexibility index (Phi) is 21.2. The lowest BCUT2D eigenvalue weighted by Gasteiger charge is -2.13. The maximum atomic E-state index is 12.1. The van der Waals surface area contributed by atoms with Gasteiger partial charge < -0.3 is 0 Å². The number of carbonyl (C=O) groups is 1. The highest BCUT2D eigenvalue weighted by Gasteiger charge is 2.11. The predicted octanol–water partition coefficient (Wildman–Crippen LogP) is 9.20. The number of carbonyl (C=O) groups excluding carboxylic acids is 1. The first-order valence-electron chi connectivity index (χ1n) is 12.4. The minimum Gasteiger partial charge on any atom is -0.300 e. The van der Waals surface area contributed by atoms with E-state index in [9.17, 15) is 4.79 Å². The second-order valence-electron chi connectivity index (χ2n) is 8.49. The molecule has 1 nitrogen and oxygen atoms in total. The highest BCUT2D eigenvalue weighted by atomic mass is 16.1. The number of hydrogen-bond acceptors (Lipinski definition) is 1. The first-order valence-corrected chi connectivity index (χ1v) is 12.4. The molecular weight excluding hydrogens is 328 g/mol. The van der Waals surface area contributed by atoms with Gasteiger partial charge in [-0.2, -0.15) is 0 Å². The highest BCUT2D eigenvalue weighted by Crippen LogP contribution is 2.19. The Balaban J connectivity index is 3.36. The second kappa shape index (κ2) is 21.7. The summed E-state index contributed by atoms with van der Waals surface area (Å²) in [5.74, 6) is 1.15. The molecule has 0 amide bonds. The van der Waals surface area contributed by atoms with Crippen LogP contribution < -0.4 is 0 Å². The minimum absolute atomic E-state index is 0.510. The van der Waals surface area contributed by atoms with Crippen LogP contribution in [0.1, 0.15) is 143 Å². The van der Waals surface area contributed by atoms with Gasteiger partial charge in [0.2, 0.25) is 0 Å².